The van der Waals surface area contributed by atoms with Crippen LogP contribution in [0.2, 0.25) is 0 Å². The summed E-state index contributed by atoms with van der Waals surface area (Å²) >= 11 is 0. The highest BCUT2D eigenvalue weighted by Crippen LogP contribution is 2.23. The summed E-state index contributed by atoms with van der Waals surface area (Å²) in [6.07, 6.45) is 3.01. The number of rotatable bonds is 3. The SMILES string of the molecule is OB(O)c1ccc2cc(OC3CCCCO3)ccc2c1. The van der Waals surface area contributed by atoms with E-state index in [1.165, 1.54) is 0 Å². The van der Waals surface area contributed by atoms with Crippen molar-refractivity contribution in [2.24, 2.45) is 0 Å². The Bertz CT molecular complexity index is 593. The third-order valence-corrected chi connectivity index (χ3v) is 3.54. The van der Waals surface area contributed by atoms with Crippen LogP contribution in [0.1, 0.15) is 19.3 Å². The van der Waals surface area contributed by atoms with Crippen molar-refractivity contribution in [1.29, 1.82) is 0 Å². The lowest BCUT2D eigenvalue weighted by Gasteiger charge is -2.23. The minimum absolute atomic E-state index is 0.153. The van der Waals surface area contributed by atoms with Crippen molar-refractivity contribution in [3.05, 3.63) is 36.4 Å². The second kappa shape index (κ2) is 5.83. The summed E-state index contributed by atoms with van der Waals surface area (Å²) in [6, 6.07) is 11.1. The molecule has 0 spiro atoms. The maximum atomic E-state index is 9.17. The van der Waals surface area contributed by atoms with Gasteiger partial charge < -0.3 is 19.5 Å². The lowest BCUT2D eigenvalue weighted by atomic mass is 9.79. The first-order chi connectivity index (χ1) is 9.72. The van der Waals surface area contributed by atoms with Crippen molar-refractivity contribution in [2.45, 2.75) is 25.6 Å². The molecule has 104 valence electrons. The molecule has 1 atom stereocenters. The van der Waals surface area contributed by atoms with Crippen molar-refractivity contribution in [3.63, 3.8) is 0 Å². The Kier molecular flexibility index (Phi) is 3.92. The van der Waals surface area contributed by atoms with Gasteiger partial charge in [0.05, 0.1) is 6.61 Å². The lowest BCUT2D eigenvalue weighted by Crippen LogP contribution is -2.29. The molecule has 0 amide bonds. The first kappa shape index (κ1) is 13.4. The van der Waals surface area contributed by atoms with Gasteiger partial charge in [0.2, 0.25) is 0 Å². The van der Waals surface area contributed by atoms with Crippen molar-refractivity contribution in [3.8, 4) is 5.75 Å². The zero-order valence-electron chi connectivity index (χ0n) is 11.2. The predicted molar refractivity (Wildman–Crippen MR) is 78.0 cm³/mol. The predicted octanol–water partition coefficient (Wildman–Crippen LogP) is 1.42. The van der Waals surface area contributed by atoms with Gasteiger partial charge in [0, 0.05) is 6.42 Å². The highest BCUT2D eigenvalue weighted by atomic mass is 16.7. The van der Waals surface area contributed by atoms with Gasteiger partial charge in [-0.15, -0.1) is 0 Å². The van der Waals surface area contributed by atoms with E-state index in [-0.39, 0.29) is 6.29 Å². The summed E-state index contributed by atoms with van der Waals surface area (Å²) in [7, 11) is -1.44. The van der Waals surface area contributed by atoms with E-state index < -0.39 is 7.12 Å². The van der Waals surface area contributed by atoms with Gasteiger partial charge in [0.25, 0.3) is 0 Å². The van der Waals surface area contributed by atoms with Crippen LogP contribution in [0.15, 0.2) is 36.4 Å². The van der Waals surface area contributed by atoms with Crippen molar-refractivity contribution in [2.75, 3.05) is 6.61 Å². The molecule has 0 aromatic heterocycles. The molecular weight excluding hydrogens is 255 g/mol. The third kappa shape index (κ3) is 2.95. The molecule has 1 saturated heterocycles. The summed E-state index contributed by atoms with van der Waals surface area (Å²) in [6.45, 7) is 0.760. The Labute approximate surface area is 118 Å². The summed E-state index contributed by atoms with van der Waals surface area (Å²) < 4.78 is 11.4. The van der Waals surface area contributed by atoms with E-state index in [1.54, 1.807) is 12.1 Å². The molecular formula is C15H17BO4. The number of ether oxygens (including phenoxy) is 2. The Morgan fingerprint density at radius 2 is 1.85 bits per heavy atom. The Morgan fingerprint density at radius 3 is 2.60 bits per heavy atom. The van der Waals surface area contributed by atoms with Crippen molar-refractivity contribution >= 4 is 23.4 Å². The maximum Gasteiger partial charge on any atom is 0.488 e. The van der Waals surface area contributed by atoms with Crippen LogP contribution in [-0.4, -0.2) is 30.1 Å². The normalized spacial score (nSPS) is 19.0. The molecule has 1 unspecified atom stereocenters. The van der Waals surface area contributed by atoms with E-state index in [9.17, 15) is 0 Å². The summed E-state index contributed by atoms with van der Waals surface area (Å²) in [5.41, 5.74) is 0.488. The Balaban J connectivity index is 1.81. The van der Waals surface area contributed by atoms with E-state index in [0.29, 0.717) is 5.46 Å². The van der Waals surface area contributed by atoms with E-state index in [4.69, 9.17) is 19.5 Å². The molecule has 0 radical (unpaired) electrons. The van der Waals surface area contributed by atoms with Crippen LogP contribution in [0.25, 0.3) is 10.8 Å². The zero-order chi connectivity index (χ0) is 13.9. The van der Waals surface area contributed by atoms with Crippen LogP contribution in [-0.2, 0) is 4.74 Å². The molecule has 0 aliphatic carbocycles. The van der Waals surface area contributed by atoms with Gasteiger partial charge in [-0.05, 0) is 41.2 Å². The van der Waals surface area contributed by atoms with Gasteiger partial charge >= 0.3 is 7.12 Å². The van der Waals surface area contributed by atoms with E-state index in [0.717, 1.165) is 42.4 Å². The third-order valence-electron chi connectivity index (χ3n) is 3.54. The average molecular weight is 272 g/mol. The number of hydrogen-bond donors (Lipinski definition) is 2. The van der Waals surface area contributed by atoms with Gasteiger partial charge in [-0.2, -0.15) is 0 Å². The molecule has 1 aliphatic heterocycles. The van der Waals surface area contributed by atoms with Gasteiger partial charge in [-0.25, -0.2) is 0 Å². The molecule has 2 aromatic carbocycles. The highest BCUT2D eigenvalue weighted by molar-refractivity contribution is 6.58. The van der Waals surface area contributed by atoms with Crippen molar-refractivity contribution in [1.82, 2.24) is 0 Å². The second-order valence-corrected chi connectivity index (χ2v) is 5.06. The monoisotopic (exact) mass is 272 g/mol. The van der Waals surface area contributed by atoms with Crippen LogP contribution < -0.4 is 10.2 Å². The standard InChI is InChI=1S/C15H17BO4/c17-16(18)13-6-4-12-10-14(7-5-11(12)9-13)20-15-3-1-2-8-19-15/h4-7,9-10,15,17-18H,1-3,8H2. The van der Waals surface area contributed by atoms with Crippen LogP contribution >= 0.6 is 0 Å². The number of hydrogen-bond acceptors (Lipinski definition) is 4. The largest absolute Gasteiger partial charge is 0.488 e. The Hall–Kier alpha value is -1.56. The number of benzene rings is 2. The van der Waals surface area contributed by atoms with E-state index in [1.807, 2.05) is 24.3 Å². The fourth-order valence-electron chi connectivity index (χ4n) is 2.43. The summed E-state index contributed by atoms with van der Waals surface area (Å²) in [4.78, 5) is 0. The average Bonchev–Trinajstić information content (AvgIpc) is 2.47. The molecule has 2 aromatic rings. The molecule has 1 fully saturated rings. The topological polar surface area (TPSA) is 58.9 Å². The molecule has 1 heterocycles. The summed E-state index contributed by atoms with van der Waals surface area (Å²) in [5.74, 6) is 0.779. The molecule has 20 heavy (non-hydrogen) atoms. The first-order valence-corrected chi connectivity index (χ1v) is 6.90. The smallest absolute Gasteiger partial charge is 0.465 e. The molecule has 3 rings (SSSR count). The Morgan fingerprint density at radius 1 is 1.05 bits per heavy atom. The van der Waals surface area contributed by atoms with Crippen LogP contribution in [0.4, 0.5) is 0 Å². The zero-order valence-corrected chi connectivity index (χ0v) is 11.2. The minimum Gasteiger partial charge on any atom is -0.465 e. The van der Waals surface area contributed by atoms with Crippen LogP contribution in [0.3, 0.4) is 0 Å². The minimum atomic E-state index is -1.44. The molecule has 0 bridgehead atoms. The second-order valence-electron chi connectivity index (χ2n) is 5.06. The van der Waals surface area contributed by atoms with Gasteiger partial charge in [0.1, 0.15) is 5.75 Å². The lowest BCUT2D eigenvalue weighted by molar-refractivity contribution is -0.105. The summed E-state index contributed by atoms with van der Waals surface area (Å²) in [5, 5.41) is 20.3. The highest BCUT2D eigenvalue weighted by Gasteiger charge is 2.15. The van der Waals surface area contributed by atoms with Gasteiger partial charge in [-0.1, -0.05) is 24.3 Å². The molecule has 2 N–H and O–H groups in total. The maximum absolute atomic E-state index is 9.17. The first-order valence-electron chi connectivity index (χ1n) is 6.90. The molecule has 4 nitrogen and oxygen atoms in total. The molecule has 0 saturated carbocycles. The fourth-order valence-corrected chi connectivity index (χ4v) is 2.43. The molecule has 5 heteroatoms. The fraction of sp³-hybridized carbons (Fsp3) is 0.333. The van der Waals surface area contributed by atoms with Gasteiger partial charge in [-0.3, -0.25) is 0 Å². The van der Waals surface area contributed by atoms with E-state index in [2.05, 4.69) is 0 Å². The van der Waals surface area contributed by atoms with E-state index >= 15 is 0 Å². The number of fused-ring (bicyclic) bond motifs is 1. The van der Waals surface area contributed by atoms with Gasteiger partial charge in [0.15, 0.2) is 6.29 Å². The van der Waals surface area contributed by atoms with Crippen molar-refractivity contribution < 1.29 is 19.5 Å². The van der Waals surface area contributed by atoms with Crippen LogP contribution in [0, 0.1) is 0 Å². The van der Waals surface area contributed by atoms with Crippen LogP contribution in [0.5, 0.6) is 5.75 Å². The quantitative estimate of drug-likeness (QED) is 0.830. The molecule has 1 aliphatic rings.